The first-order valence-corrected chi connectivity index (χ1v) is 13.8. The van der Waals surface area contributed by atoms with Crippen molar-refractivity contribution in [1.82, 2.24) is 14.5 Å². The summed E-state index contributed by atoms with van der Waals surface area (Å²) in [7, 11) is 0. The van der Waals surface area contributed by atoms with Crippen LogP contribution in [0.25, 0.3) is 21.7 Å². The van der Waals surface area contributed by atoms with Crippen LogP contribution in [0, 0.1) is 6.92 Å². The average Bonchev–Trinajstić information content (AvgIpc) is 3.59. The predicted octanol–water partition coefficient (Wildman–Crippen LogP) is 5.77. The molecule has 4 aromatic rings. The van der Waals surface area contributed by atoms with Crippen LogP contribution < -0.4 is 5.56 Å². The van der Waals surface area contributed by atoms with Gasteiger partial charge in [0.1, 0.15) is 10.6 Å². The Balaban J connectivity index is 1.35. The highest BCUT2D eigenvalue weighted by atomic mass is 32.2. The molecule has 34 heavy (non-hydrogen) atoms. The third-order valence-corrected chi connectivity index (χ3v) is 8.87. The van der Waals surface area contributed by atoms with Gasteiger partial charge in [0.05, 0.1) is 23.7 Å². The number of aryl methyl sites for hydroxylation is 3. The van der Waals surface area contributed by atoms with E-state index in [2.05, 4.69) is 0 Å². The number of thiophene rings is 1. The third kappa shape index (κ3) is 4.12. The van der Waals surface area contributed by atoms with E-state index in [4.69, 9.17) is 19.1 Å². The maximum atomic E-state index is 13.8. The molecule has 2 aliphatic rings. The molecule has 1 atom stereocenters. The number of hydrogen-bond donors (Lipinski definition) is 0. The first-order valence-electron chi connectivity index (χ1n) is 12.0. The number of aromatic nitrogens is 3. The van der Waals surface area contributed by atoms with Crippen LogP contribution in [0.15, 0.2) is 44.7 Å². The van der Waals surface area contributed by atoms with Crippen LogP contribution >= 0.6 is 23.1 Å². The molecule has 3 aromatic heterocycles. The monoisotopic (exact) mass is 493 g/mol. The Hall–Kier alpha value is -2.42. The Labute approximate surface area is 206 Å². The number of fused-ring (bicyclic) bond motifs is 3. The van der Waals surface area contributed by atoms with Crippen LogP contribution in [-0.2, 0) is 29.9 Å². The van der Waals surface area contributed by atoms with Crippen LogP contribution in [0.4, 0.5) is 0 Å². The van der Waals surface area contributed by atoms with Gasteiger partial charge in [0, 0.05) is 22.8 Å². The fourth-order valence-corrected chi connectivity index (χ4v) is 7.19. The minimum atomic E-state index is 0.0734. The summed E-state index contributed by atoms with van der Waals surface area (Å²) in [6.45, 7) is 3.27. The molecule has 0 radical (unpaired) electrons. The topological polar surface area (TPSA) is 70.2 Å². The lowest BCUT2D eigenvalue weighted by molar-refractivity contribution is 0.0937. The van der Waals surface area contributed by atoms with E-state index in [1.807, 2.05) is 41.8 Å². The van der Waals surface area contributed by atoms with Gasteiger partial charge in [-0.25, -0.2) is 9.97 Å². The van der Waals surface area contributed by atoms with Crippen LogP contribution in [-0.4, -0.2) is 27.2 Å². The summed E-state index contributed by atoms with van der Waals surface area (Å²) >= 11 is 3.26. The SMILES string of the molecule is Cc1oc(-c2ccccc2)nc1CSc1nc2sc3c(c2c(=O)n1CC1CCCO1)CCCC3. The van der Waals surface area contributed by atoms with Gasteiger partial charge >= 0.3 is 0 Å². The van der Waals surface area contributed by atoms with Gasteiger partial charge < -0.3 is 9.15 Å². The maximum Gasteiger partial charge on any atom is 0.263 e. The Bertz CT molecular complexity index is 1380. The second kappa shape index (κ2) is 9.32. The highest BCUT2D eigenvalue weighted by molar-refractivity contribution is 7.98. The van der Waals surface area contributed by atoms with Crippen molar-refractivity contribution in [1.29, 1.82) is 0 Å². The minimum Gasteiger partial charge on any atom is -0.441 e. The summed E-state index contributed by atoms with van der Waals surface area (Å²) in [4.78, 5) is 25.8. The number of rotatable bonds is 6. The molecule has 176 valence electrons. The molecule has 8 heteroatoms. The lowest BCUT2D eigenvalue weighted by atomic mass is 9.97. The molecular formula is C26H27N3O3S2. The average molecular weight is 494 g/mol. The highest BCUT2D eigenvalue weighted by Gasteiger charge is 2.25. The molecule has 1 fully saturated rings. The first-order chi connectivity index (χ1) is 16.7. The predicted molar refractivity (Wildman–Crippen MR) is 136 cm³/mol. The molecule has 0 N–H and O–H groups in total. The van der Waals surface area contributed by atoms with E-state index < -0.39 is 0 Å². The van der Waals surface area contributed by atoms with Gasteiger partial charge in [-0.3, -0.25) is 9.36 Å². The van der Waals surface area contributed by atoms with Crippen molar-refractivity contribution in [3.63, 3.8) is 0 Å². The normalized spacial score (nSPS) is 18.0. The van der Waals surface area contributed by atoms with Gasteiger partial charge in [-0.1, -0.05) is 30.0 Å². The zero-order valence-corrected chi connectivity index (χ0v) is 20.8. The summed E-state index contributed by atoms with van der Waals surface area (Å²) < 4.78 is 13.7. The molecule has 6 rings (SSSR count). The van der Waals surface area contributed by atoms with Gasteiger partial charge in [-0.2, -0.15) is 0 Å². The van der Waals surface area contributed by atoms with Crippen LogP contribution in [0.1, 0.15) is 47.6 Å². The van der Waals surface area contributed by atoms with E-state index in [9.17, 15) is 4.79 Å². The second-order valence-electron chi connectivity index (χ2n) is 9.01. The molecule has 1 saturated heterocycles. The quantitative estimate of drug-likeness (QED) is 0.251. The Morgan fingerprint density at radius 3 is 2.82 bits per heavy atom. The van der Waals surface area contributed by atoms with Crippen molar-refractivity contribution < 1.29 is 9.15 Å². The Morgan fingerprint density at radius 1 is 1.15 bits per heavy atom. The molecule has 0 amide bonds. The van der Waals surface area contributed by atoms with Gasteiger partial charge in [0.15, 0.2) is 5.16 Å². The van der Waals surface area contributed by atoms with Crippen LogP contribution in [0.3, 0.4) is 0 Å². The third-order valence-electron chi connectivity index (χ3n) is 6.70. The van der Waals surface area contributed by atoms with Crippen LogP contribution in [0.2, 0.25) is 0 Å². The van der Waals surface area contributed by atoms with Gasteiger partial charge in [-0.15, -0.1) is 11.3 Å². The van der Waals surface area contributed by atoms with Crippen molar-refractivity contribution >= 4 is 33.3 Å². The molecule has 0 spiro atoms. The number of hydrogen-bond acceptors (Lipinski definition) is 7. The second-order valence-corrected chi connectivity index (χ2v) is 11.0. The molecular weight excluding hydrogens is 466 g/mol. The smallest absolute Gasteiger partial charge is 0.263 e. The maximum absolute atomic E-state index is 13.8. The van der Waals surface area contributed by atoms with E-state index in [1.165, 1.54) is 16.9 Å². The van der Waals surface area contributed by atoms with E-state index in [0.29, 0.717) is 18.2 Å². The lowest BCUT2D eigenvalue weighted by Gasteiger charge is -2.16. The molecule has 0 saturated carbocycles. The van der Waals surface area contributed by atoms with Gasteiger partial charge in [-0.05, 0) is 63.1 Å². The van der Waals surface area contributed by atoms with Crippen molar-refractivity contribution in [2.24, 2.45) is 0 Å². The summed E-state index contributed by atoms with van der Waals surface area (Å²) in [5.41, 5.74) is 3.17. The molecule has 0 bridgehead atoms. The molecule has 4 heterocycles. The fourth-order valence-electron chi connectivity index (χ4n) is 4.88. The Morgan fingerprint density at radius 2 is 2.00 bits per heavy atom. The molecule has 1 aromatic carbocycles. The molecule has 1 unspecified atom stereocenters. The first kappa shape index (κ1) is 22.1. The summed E-state index contributed by atoms with van der Waals surface area (Å²) in [6.07, 6.45) is 6.49. The minimum absolute atomic E-state index is 0.0734. The highest BCUT2D eigenvalue weighted by Crippen LogP contribution is 2.35. The molecule has 6 nitrogen and oxygen atoms in total. The van der Waals surface area contributed by atoms with E-state index in [1.54, 1.807) is 23.1 Å². The fraction of sp³-hybridized carbons (Fsp3) is 0.423. The van der Waals surface area contributed by atoms with Crippen molar-refractivity contribution in [2.45, 2.75) is 69.0 Å². The number of benzene rings is 1. The summed E-state index contributed by atoms with van der Waals surface area (Å²) in [6, 6.07) is 9.93. The summed E-state index contributed by atoms with van der Waals surface area (Å²) in [5, 5.41) is 1.58. The van der Waals surface area contributed by atoms with Crippen LogP contribution in [0.5, 0.6) is 0 Å². The molecule has 1 aliphatic heterocycles. The lowest BCUT2D eigenvalue weighted by Crippen LogP contribution is -2.29. The van der Waals surface area contributed by atoms with E-state index in [0.717, 1.165) is 71.1 Å². The molecule has 1 aliphatic carbocycles. The zero-order valence-electron chi connectivity index (χ0n) is 19.2. The zero-order chi connectivity index (χ0) is 23.1. The van der Waals surface area contributed by atoms with Crippen molar-refractivity contribution in [3.05, 3.63) is 62.6 Å². The van der Waals surface area contributed by atoms with E-state index >= 15 is 0 Å². The summed E-state index contributed by atoms with van der Waals surface area (Å²) in [5.74, 6) is 2.02. The number of nitrogens with zero attached hydrogens (tertiary/aromatic N) is 3. The Kier molecular flexibility index (Phi) is 6.05. The van der Waals surface area contributed by atoms with E-state index in [-0.39, 0.29) is 11.7 Å². The standard InChI is InChI=1S/C26H27N3O3S2/c1-16-20(27-23(32-16)17-8-3-2-4-9-17)15-33-26-28-24-22(19-11-5-6-12-21(19)34-24)25(30)29(26)14-18-10-7-13-31-18/h2-4,8-9,18H,5-7,10-15H2,1H3. The number of thioether (sulfide) groups is 1. The van der Waals surface area contributed by atoms with Crippen molar-refractivity contribution in [3.8, 4) is 11.5 Å². The number of oxazole rings is 1. The largest absolute Gasteiger partial charge is 0.441 e. The van der Waals surface area contributed by atoms with Gasteiger partial charge in [0.25, 0.3) is 5.56 Å². The van der Waals surface area contributed by atoms with Gasteiger partial charge in [0.2, 0.25) is 5.89 Å². The number of ether oxygens (including phenoxy) is 1. The van der Waals surface area contributed by atoms with Crippen molar-refractivity contribution in [2.75, 3.05) is 6.61 Å².